The van der Waals surface area contributed by atoms with Crippen molar-refractivity contribution in [2.24, 2.45) is 5.92 Å². The molecule has 30 heavy (non-hydrogen) atoms. The van der Waals surface area contributed by atoms with Gasteiger partial charge in [0.05, 0.1) is 0 Å². The fourth-order valence-corrected chi connectivity index (χ4v) is 4.27. The van der Waals surface area contributed by atoms with Crippen LogP contribution in [0.1, 0.15) is 19.8 Å². The van der Waals surface area contributed by atoms with Gasteiger partial charge in [0.1, 0.15) is 12.1 Å². The molecule has 4 aromatic rings. The van der Waals surface area contributed by atoms with E-state index in [4.69, 9.17) is 0 Å². The minimum atomic E-state index is 0.0336. The Bertz CT molecular complexity index is 1190. The van der Waals surface area contributed by atoms with E-state index in [2.05, 4.69) is 50.5 Å². The van der Waals surface area contributed by atoms with Crippen LogP contribution in [-0.4, -0.2) is 45.4 Å². The van der Waals surface area contributed by atoms with Crippen LogP contribution in [0.2, 0.25) is 0 Å². The molecule has 1 amide bonds. The molecule has 0 atom stereocenters. The summed E-state index contributed by atoms with van der Waals surface area (Å²) in [6, 6.07) is 18.4. The van der Waals surface area contributed by atoms with Crippen molar-refractivity contribution in [3.63, 3.8) is 0 Å². The van der Waals surface area contributed by atoms with Crippen LogP contribution in [0.15, 0.2) is 60.9 Å². The second-order valence-corrected chi connectivity index (χ2v) is 7.70. The molecule has 7 heteroatoms. The first-order valence-corrected chi connectivity index (χ1v) is 10.4. The van der Waals surface area contributed by atoms with Gasteiger partial charge >= 0.3 is 0 Å². The number of rotatable bonds is 4. The molecule has 0 bridgehead atoms. The average Bonchev–Trinajstić information content (AvgIpc) is 3.27. The van der Waals surface area contributed by atoms with Gasteiger partial charge in [-0.3, -0.25) is 4.79 Å². The van der Waals surface area contributed by atoms with E-state index in [-0.39, 0.29) is 11.8 Å². The number of nitrogens with zero attached hydrogens (tertiary/aromatic N) is 6. The summed E-state index contributed by atoms with van der Waals surface area (Å²) >= 11 is 0. The number of aromatic nitrogens is 4. The van der Waals surface area contributed by atoms with Crippen LogP contribution < -0.4 is 9.80 Å². The molecule has 0 N–H and O–H groups in total. The first kappa shape index (κ1) is 18.5. The summed E-state index contributed by atoms with van der Waals surface area (Å²) in [6.45, 7) is 4.34. The van der Waals surface area contributed by atoms with Gasteiger partial charge in [-0.15, -0.1) is 15.3 Å². The third kappa shape index (κ3) is 3.36. The van der Waals surface area contributed by atoms with Crippen molar-refractivity contribution in [2.45, 2.75) is 19.8 Å². The fraction of sp³-hybridized carbons (Fsp3) is 0.304. The predicted molar refractivity (Wildman–Crippen MR) is 118 cm³/mol. The lowest BCUT2D eigenvalue weighted by atomic mass is 9.94. The van der Waals surface area contributed by atoms with Crippen molar-refractivity contribution < 1.29 is 4.79 Å². The third-order valence-corrected chi connectivity index (χ3v) is 5.94. The van der Waals surface area contributed by atoms with Crippen LogP contribution in [0.3, 0.4) is 0 Å². The lowest BCUT2D eigenvalue weighted by molar-refractivity contribution is -0.122. The molecule has 0 radical (unpaired) electrons. The summed E-state index contributed by atoms with van der Waals surface area (Å²) < 4.78 is 1.69. The van der Waals surface area contributed by atoms with Gasteiger partial charge in [-0.2, -0.15) is 4.52 Å². The van der Waals surface area contributed by atoms with Crippen molar-refractivity contribution in [1.82, 2.24) is 19.8 Å². The van der Waals surface area contributed by atoms with Gasteiger partial charge in [0.15, 0.2) is 5.65 Å². The van der Waals surface area contributed by atoms with Crippen LogP contribution in [0.5, 0.6) is 0 Å². The van der Waals surface area contributed by atoms with Crippen molar-refractivity contribution >= 4 is 33.8 Å². The van der Waals surface area contributed by atoms with E-state index in [1.54, 1.807) is 10.8 Å². The molecule has 0 aliphatic carbocycles. The van der Waals surface area contributed by atoms with Crippen LogP contribution in [0.25, 0.3) is 16.4 Å². The van der Waals surface area contributed by atoms with E-state index >= 15 is 0 Å². The smallest absolute Gasteiger partial charge is 0.230 e. The Balaban J connectivity index is 1.29. The second kappa shape index (κ2) is 7.74. The highest BCUT2D eigenvalue weighted by Gasteiger charge is 2.29. The number of carbonyl (C=O) groups is 1. The number of anilines is 2. The average molecular weight is 400 g/mol. The molecule has 1 fully saturated rings. The molecular weight excluding hydrogens is 376 g/mol. The number of hydrogen-bond donors (Lipinski definition) is 0. The number of fused-ring (bicyclic) bond motifs is 2. The van der Waals surface area contributed by atoms with Gasteiger partial charge in [-0.1, -0.05) is 30.3 Å². The highest BCUT2D eigenvalue weighted by atomic mass is 16.2. The molecule has 2 aromatic heterocycles. The van der Waals surface area contributed by atoms with E-state index in [1.807, 2.05) is 36.1 Å². The van der Waals surface area contributed by atoms with Crippen LogP contribution in [0, 0.1) is 5.92 Å². The van der Waals surface area contributed by atoms with Gasteiger partial charge in [0.2, 0.25) is 5.91 Å². The van der Waals surface area contributed by atoms with E-state index in [0.29, 0.717) is 6.54 Å². The molecule has 3 heterocycles. The Kier molecular flexibility index (Phi) is 4.78. The minimum absolute atomic E-state index is 0.0336. The Hall–Kier alpha value is -3.48. The molecule has 1 aliphatic rings. The number of benzene rings is 2. The van der Waals surface area contributed by atoms with Crippen molar-refractivity contribution in [3.8, 4) is 0 Å². The molecule has 0 spiro atoms. The molecule has 152 valence electrons. The van der Waals surface area contributed by atoms with E-state index in [0.717, 1.165) is 48.5 Å². The largest absolute Gasteiger partial charge is 0.355 e. The summed E-state index contributed by atoms with van der Waals surface area (Å²) in [7, 11) is 0. The summed E-state index contributed by atoms with van der Waals surface area (Å²) in [5.41, 5.74) is 1.71. The van der Waals surface area contributed by atoms with Gasteiger partial charge in [-0.05, 0) is 54.8 Å². The number of carbonyl (C=O) groups excluding carboxylic acids is 1. The Morgan fingerprint density at radius 3 is 2.67 bits per heavy atom. The molecule has 1 saturated heterocycles. The van der Waals surface area contributed by atoms with Gasteiger partial charge in [0.25, 0.3) is 0 Å². The standard InChI is InChI=1S/C23H24N6O/c1-2-28(20-8-7-17-5-3-4-6-19(17)15-20)23(30)18-11-13-27(14-12-18)22-10-9-21-25-24-16-29(21)26-22/h3-10,15-16,18H,2,11-14H2,1H3. The summed E-state index contributed by atoms with van der Waals surface area (Å²) in [4.78, 5) is 17.5. The summed E-state index contributed by atoms with van der Waals surface area (Å²) in [6.07, 6.45) is 3.26. The van der Waals surface area contributed by atoms with Gasteiger partial charge < -0.3 is 9.80 Å². The van der Waals surface area contributed by atoms with E-state index < -0.39 is 0 Å². The molecule has 7 nitrogen and oxygen atoms in total. The third-order valence-electron chi connectivity index (χ3n) is 5.94. The zero-order valence-corrected chi connectivity index (χ0v) is 17.0. The first-order chi connectivity index (χ1) is 14.7. The van der Waals surface area contributed by atoms with Gasteiger partial charge in [-0.25, -0.2) is 0 Å². The Morgan fingerprint density at radius 1 is 1.07 bits per heavy atom. The number of piperidine rings is 1. The topological polar surface area (TPSA) is 66.6 Å². The van der Waals surface area contributed by atoms with E-state index in [1.165, 1.54) is 5.39 Å². The monoisotopic (exact) mass is 400 g/mol. The second-order valence-electron chi connectivity index (χ2n) is 7.70. The minimum Gasteiger partial charge on any atom is -0.355 e. The van der Waals surface area contributed by atoms with E-state index in [9.17, 15) is 4.79 Å². The molecule has 5 rings (SSSR count). The van der Waals surface area contributed by atoms with Gasteiger partial charge in [0, 0.05) is 31.2 Å². The van der Waals surface area contributed by atoms with Crippen LogP contribution >= 0.6 is 0 Å². The van der Waals surface area contributed by atoms with Crippen molar-refractivity contribution in [2.75, 3.05) is 29.4 Å². The lowest BCUT2D eigenvalue weighted by Gasteiger charge is -2.34. The number of hydrogen-bond acceptors (Lipinski definition) is 5. The Labute approximate surface area is 174 Å². The first-order valence-electron chi connectivity index (χ1n) is 10.4. The summed E-state index contributed by atoms with van der Waals surface area (Å²) in [5.74, 6) is 1.15. The molecule has 1 aliphatic heterocycles. The van der Waals surface area contributed by atoms with Crippen LogP contribution in [-0.2, 0) is 4.79 Å². The quantitative estimate of drug-likeness (QED) is 0.524. The zero-order chi connectivity index (χ0) is 20.5. The predicted octanol–water partition coefficient (Wildman–Crippen LogP) is 3.55. The number of amides is 1. The zero-order valence-electron chi connectivity index (χ0n) is 17.0. The molecule has 0 unspecified atom stereocenters. The van der Waals surface area contributed by atoms with Crippen LogP contribution in [0.4, 0.5) is 11.5 Å². The maximum absolute atomic E-state index is 13.3. The fourth-order valence-electron chi connectivity index (χ4n) is 4.27. The maximum Gasteiger partial charge on any atom is 0.230 e. The normalized spacial score (nSPS) is 15.0. The SMILES string of the molecule is CCN(C(=O)C1CCN(c2ccc3nncn3n2)CC1)c1ccc2ccccc2c1. The van der Waals surface area contributed by atoms with Crippen molar-refractivity contribution in [1.29, 1.82) is 0 Å². The maximum atomic E-state index is 13.3. The molecular formula is C23H24N6O. The molecule has 0 saturated carbocycles. The highest BCUT2D eigenvalue weighted by Crippen LogP contribution is 2.27. The lowest BCUT2D eigenvalue weighted by Crippen LogP contribution is -2.43. The summed E-state index contributed by atoms with van der Waals surface area (Å²) in [5, 5.41) is 14.8. The Morgan fingerprint density at radius 2 is 1.87 bits per heavy atom. The highest BCUT2D eigenvalue weighted by molar-refractivity contribution is 5.97. The molecule has 2 aromatic carbocycles. The van der Waals surface area contributed by atoms with Crippen molar-refractivity contribution in [3.05, 3.63) is 60.9 Å².